The van der Waals surface area contributed by atoms with Crippen LogP contribution in [0.3, 0.4) is 0 Å². The summed E-state index contributed by atoms with van der Waals surface area (Å²) in [5.41, 5.74) is 0.934. The van der Waals surface area contributed by atoms with Gasteiger partial charge in [-0.25, -0.2) is 9.59 Å². The molecule has 2 aromatic rings. The van der Waals surface area contributed by atoms with Gasteiger partial charge in [0.25, 0.3) is 0 Å². The van der Waals surface area contributed by atoms with Crippen molar-refractivity contribution in [2.24, 2.45) is 4.99 Å². The van der Waals surface area contributed by atoms with E-state index >= 15 is 0 Å². The van der Waals surface area contributed by atoms with Crippen molar-refractivity contribution in [3.63, 3.8) is 0 Å². The molecule has 8 heteroatoms. The lowest BCUT2D eigenvalue weighted by Gasteiger charge is -2.22. The van der Waals surface area contributed by atoms with Gasteiger partial charge in [0.1, 0.15) is 17.7 Å². The van der Waals surface area contributed by atoms with Crippen LogP contribution >= 0.6 is 0 Å². The van der Waals surface area contributed by atoms with Crippen molar-refractivity contribution in [3.8, 4) is 0 Å². The Morgan fingerprint density at radius 3 is 2.87 bits per heavy atom. The van der Waals surface area contributed by atoms with E-state index in [-0.39, 0.29) is 12.2 Å². The topological polar surface area (TPSA) is 95.4 Å². The number of amides is 1. The summed E-state index contributed by atoms with van der Waals surface area (Å²) in [6, 6.07) is 3.42. The second-order valence-electron chi connectivity index (χ2n) is 5.62. The van der Waals surface area contributed by atoms with Crippen molar-refractivity contribution in [2.75, 3.05) is 18.4 Å². The Morgan fingerprint density at radius 2 is 2.13 bits per heavy atom. The first kappa shape index (κ1) is 13.7. The van der Waals surface area contributed by atoms with Crippen molar-refractivity contribution in [1.29, 1.82) is 0 Å². The van der Waals surface area contributed by atoms with Crippen molar-refractivity contribution < 1.29 is 4.79 Å². The number of pyridine rings is 1. The van der Waals surface area contributed by atoms with E-state index in [1.54, 1.807) is 23.5 Å². The number of imidazole rings is 1. The number of nitrogens with one attached hydrogen (secondary N) is 2. The smallest absolute Gasteiger partial charge is 0.336 e. The first-order valence-electron chi connectivity index (χ1n) is 7.58. The Hall–Kier alpha value is -2.90. The molecule has 8 nitrogen and oxygen atoms in total. The van der Waals surface area contributed by atoms with E-state index in [1.807, 2.05) is 12.1 Å². The number of carbonyl (C=O) groups is 1. The molecule has 2 N–H and O–H groups in total. The number of anilines is 1. The highest BCUT2D eigenvalue weighted by atomic mass is 16.2. The second kappa shape index (κ2) is 5.38. The molecular weight excluding hydrogens is 296 g/mol. The molecule has 0 aromatic carbocycles. The Balaban J connectivity index is 1.70. The van der Waals surface area contributed by atoms with Crippen LogP contribution in [-0.4, -0.2) is 44.8 Å². The minimum atomic E-state index is -0.447. The van der Waals surface area contributed by atoms with Crippen molar-refractivity contribution in [2.45, 2.75) is 19.0 Å². The van der Waals surface area contributed by atoms with Gasteiger partial charge in [0.05, 0.1) is 6.21 Å². The van der Waals surface area contributed by atoms with Gasteiger partial charge in [0, 0.05) is 31.0 Å². The minimum Gasteiger partial charge on any atom is -0.344 e. The van der Waals surface area contributed by atoms with Gasteiger partial charge in [0.2, 0.25) is 0 Å². The quantitative estimate of drug-likeness (QED) is 0.826. The van der Waals surface area contributed by atoms with E-state index in [0.717, 1.165) is 23.0 Å². The predicted octanol–water partition coefficient (Wildman–Crippen LogP) is 1.18. The van der Waals surface area contributed by atoms with Gasteiger partial charge < -0.3 is 15.2 Å². The van der Waals surface area contributed by atoms with Crippen LogP contribution in [0.4, 0.5) is 10.6 Å². The largest absolute Gasteiger partial charge is 0.344 e. The summed E-state index contributed by atoms with van der Waals surface area (Å²) in [6.45, 7) is 1.37. The number of carbonyl (C=O) groups excluding carboxylic acids is 1. The summed E-state index contributed by atoms with van der Waals surface area (Å²) in [6.07, 6.45) is 6.55. The third-order valence-corrected chi connectivity index (χ3v) is 4.12. The van der Waals surface area contributed by atoms with Gasteiger partial charge in [-0.2, -0.15) is 4.57 Å². The maximum Gasteiger partial charge on any atom is 0.336 e. The van der Waals surface area contributed by atoms with E-state index in [2.05, 4.69) is 20.3 Å². The van der Waals surface area contributed by atoms with Crippen molar-refractivity contribution in [3.05, 3.63) is 46.3 Å². The number of aromatic nitrogens is 3. The molecule has 0 spiro atoms. The molecule has 2 aromatic heterocycles. The molecule has 2 aliphatic rings. The molecule has 0 aliphatic carbocycles. The molecule has 2 aliphatic heterocycles. The van der Waals surface area contributed by atoms with E-state index in [0.29, 0.717) is 24.6 Å². The van der Waals surface area contributed by atoms with E-state index in [1.165, 1.54) is 0 Å². The zero-order valence-electron chi connectivity index (χ0n) is 12.4. The average Bonchev–Trinajstić information content (AvgIpc) is 3.21. The molecule has 23 heavy (non-hydrogen) atoms. The number of aliphatic imine (C=N–C) groups is 1. The second-order valence-corrected chi connectivity index (χ2v) is 5.62. The van der Waals surface area contributed by atoms with Gasteiger partial charge in [0.15, 0.2) is 0 Å². The number of hydrogen-bond donors (Lipinski definition) is 2. The van der Waals surface area contributed by atoms with E-state index < -0.39 is 5.69 Å². The van der Waals surface area contributed by atoms with Crippen LogP contribution in [0.1, 0.15) is 30.3 Å². The molecule has 4 heterocycles. The fraction of sp³-hybridized carbons (Fsp3) is 0.333. The monoisotopic (exact) mass is 312 g/mol. The molecule has 0 bridgehead atoms. The highest BCUT2D eigenvalue weighted by Crippen LogP contribution is 2.25. The SMILES string of the molecule is O=C(N1CCCC1)n1c2c([nH]c1=O)C=NC(c1cccnc1)N2. The van der Waals surface area contributed by atoms with E-state index in [9.17, 15) is 9.59 Å². The zero-order chi connectivity index (χ0) is 15.8. The summed E-state index contributed by atoms with van der Waals surface area (Å²) in [5.74, 6) is 0.454. The lowest BCUT2D eigenvalue weighted by Crippen LogP contribution is -2.38. The van der Waals surface area contributed by atoms with Crippen LogP contribution in [0.5, 0.6) is 0 Å². The molecule has 118 valence electrons. The molecule has 1 amide bonds. The fourth-order valence-electron chi connectivity index (χ4n) is 2.94. The van der Waals surface area contributed by atoms with Crippen molar-refractivity contribution in [1.82, 2.24) is 19.4 Å². The summed E-state index contributed by atoms with van der Waals surface area (Å²) in [4.78, 5) is 37.6. The normalized spacial score (nSPS) is 19.5. The van der Waals surface area contributed by atoms with Gasteiger partial charge in [-0.3, -0.25) is 9.98 Å². The molecule has 0 radical (unpaired) electrons. The van der Waals surface area contributed by atoms with Crippen LogP contribution in [-0.2, 0) is 0 Å². The number of likely N-dealkylation sites (tertiary alicyclic amines) is 1. The van der Waals surface area contributed by atoms with Gasteiger partial charge in [-0.1, -0.05) is 6.07 Å². The lowest BCUT2D eigenvalue weighted by atomic mass is 10.2. The molecule has 1 unspecified atom stereocenters. The summed E-state index contributed by atoms with van der Waals surface area (Å²) < 4.78 is 1.16. The van der Waals surface area contributed by atoms with Gasteiger partial charge >= 0.3 is 11.7 Å². The Bertz CT molecular complexity index is 816. The number of H-pyrrole nitrogens is 1. The van der Waals surface area contributed by atoms with Crippen LogP contribution in [0, 0.1) is 0 Å². The van der Waals surface area contributed by atoms with Crippen LogP contribution in [0.25, 0.3) is 0 Å². The van der Waals surface area contributed by atoms with Crippen LogP contribution in [0.15, 0.2) is 34.3 Å². The van der Waals surface area contributed by atoms with Crippen LogP contribution in [0.2, 0.25) is 0 Å². The molecule has 1 atom stereocenters. The summed E-state index contributed by atoms with van der Waals surface area (Å²) in [5, 5.41) is 3.15. The molecular formula is C15H16N6O2. The Morgan fingerprint density at radius 1 is 1.30 bits per heavy atom. The Labute approximate surface area is 131 Å². The number of aromatic amines is 1. The predicted molar refractivity (Wildman–Crippen MR) is 84.8 cm³/mol. The fourth-order valence-corrected chi connectivity index (χ4v) is 2.94. The summed E-state index contributed by atoms with van der Waals surface area (Å²) in [7, 11) is 0. The maximum absolute atomic E-state index is 12.6. The van der Waals surface area contributed by atoms with E-state index in [4.69, 9.17) is 0 Å². The highest BCUT2D eigenvalue weighted by Gasteiger charge is 2.28. The first-order chi connectivity index (χ1) is 11.2. The highest BCUT2D eigenvalue weighted by molar-refractivity contribution is 5.91. The zero-order valence-corrected chi connectivity index (χ0v) is 12.4. The minimum absolute atomic E-state index is 0.294. The van der Waals surface area contributed by atoms with Gasteiger partial charge in [-0.15, -0.1) is 0 Å². The third-order valence-electron chi connectivity index (χ3n) is 4.12. The average molecular weight is 312 g/mol. The van der Waals surface area contributed by atoms with Crippen LogP contribution < -0.4 is 11.0 Å². The maximum atomic E-state index is 12.6. The third kappa shape index (κ3) is 2.32. The number of nitrogens with zero attached hydrogens (tertiary/aromatic N) is 4. The number of hydrogen-bond acceptors (Lipinski definition) is 5. The van der Waals surface area contributed by atoms with Gasteiger partial charge in [-0.05, 0) is 18.9 Å². The molecule has 1 saturated heterocycles. The van der Waals surface area contributed by atoms with Crippen molar-refractivity contribution >= 4 is 18.1 Å². The number of fused-ring (bicyclic) bond motifs is 1. The first-order valence-corrected chi connectivity index (χ1v) is 7.58. The molecule has 0 saturated carbocycles. The standard InChI is InChI=1S/C15H16N6O2/c22-14-18-11-9-17-12(10-4-3-5-16-8-10)19-13(11)21(14)15(23)20-6-1-2-7-20/h3-5,8-9,12,19H,1-2,6-7H2,(H,18,22). The molecule has 4 rings (SSSR count). The molecule has 1 fully saturated rings. The summed E-state index contributed by atoms with van der Waals surface area (Å²) >= 11 is 0. The number of rotatable bonds is 1. The lowest BCUT2D eigenvalue weighted by molar-refractivity contribution is 0.210. The Kier molecular flexibility index (Phi) is 3.22.